The number of oxazole rings is 1. The smallest absolute Gasteiger partial charge is 0.319 e. The van der Waals surface area contributed by atoms with Crippen LogP contribution in [0.5, 0.6) is 0 Å². The van der Waals surface area contributed by atoms with E-state index in [0.29, 0.717) is 35.8 Å². The van der Waals surface area contributed by atoms with Gasteiger partial charge in [0.05, 0.1) is 0 Å². The zero-order valence-electron chi connectivity index (χ0n) is 15.4. The van der Waals surface area contributed by atoms with Crippen molar-refractivity contribution in [2.24, 2.45) is 5.41 Å². The van der Waals surface area contributed by atoms with Crippen LogP contribution in [-0.2, 0) is 0 Å². The number of amides is 2. The Bertz CT molecular complexity index is 707. The molecule has 25 heavy (non-hydrogen) atoms. The van der Waals surface area contributed by atoms with Crippen molar-refractivity contribution in [1.82, 2.24) is 10.3 Å². The van der Waals surface area contributed by atoms with Crippen LogP contribution in [0.4, 0.5) is 16.5 Å². The number of anilines is 2. The summed E-state index contributed by atoms with van der Waals surface area (Å²) in [5, 5.41) is 15.0. The first-order chi connectivity index (χ1) is 11.9. The van der Waals surface area contributed by atoms with Gasteiger partial charge in [0.1, 0.15) is 5.52 Å². The Morgan fingerprint density at radius 2 is 2.04 bits per heavy atom. The molecule has 7 heteroatoms. The highest BCUT2D eigenvalue weighted by Gasteiger charge is 2.26. The Labute approximate surface area is 148 Å². The molecular formula is C18H28N4O3. The van der Waals surface area contributed by atoms with Crippen molar-refractivity contribution in [3.05, 3.63) is 18.2 Å². The van der Waals surface area contributed by atoms with Crippen molar-refractivity contribution < 1.29 is 14.3 Å². The molecule has 0 atom stereocenters. The highest BCUT2D eigenvalue weighted by molar-refractivity contribution is 5.91. The number of benzene rings is 1. The number of rotatable bonds is 8. The number of carbonyl (C=O) groups is 1. The Morgan fingerprint density at radius 3 is 2.64 bits per heavy atom. The van der Waals surface area contributed by atoms with Gasteiger partial charge in [0.2, 0.25) is 0 Å². The molecule has 0 radical (unpaired) electrons. The van der Waals surface area contributed by atoms with Crippen LogP contribution in [0.3, 0.4) is 0 Å². The molecule has 0 unspecified atom stereocenters. The predicted octanol–water partition coefficient (Wildman–Crippen LogP) is 3.20. The topological polar surface area (TPSA) is 90.6 Å². The molecule has 0 aliphatic carbocycles. The van der Waals surface area contributed by atoms with Crippen molar-refractivity contribution in [3.8, 4) is 0 Å². The maximum absolute atomic E-state index is 12.2. The van der Waals surface area contributed by atoms with Gasteiger partial charge in [-0.1, -0.05) is 13.8 Å². The molecule has 7 nitrogen and oxygen atoms in total. The maximum atomic E-state index is 12.2. The average Bonchev–Trinajstić information content (AvgIpc) is 3.02. The minimum absolute atomic E-state index is 0.0667. The summed E-state index contributed by atoms with van der Waals surface area (Å²) in [6.45, 7) is 4.82. The summed E-state index contributed by atoms with van der Waals surface area (Å²) in [5.74, 6) is 0. The van der Waals surface area contributed by atoms with E-state index in [4.69, 9.17) is 4.42 Å². The van der Waals surface area contributed by atoms with E-state index in [1.54, 1.807) is 23.1 Å². The van der Waals surface area contributed by atoms with Crippen molar-refractivity contribution in [3.63, 3.8) is 0 Å². The summed E-state index contributed by atoms with van der Waals surface area (Å²) in [7, 11) is 3.72. The van der Waals surface area contributed by atoms with Crippen molar-refractivity contribution in [2.75, 3.05) is 37.5 Å². The zero-order chi connectivity index (χ0) is 18.4. The van der Waals surface area contributed by atoms with E-state index in [9.17, 15) is 9.90 Å². The number of urea groups is 1. The fraction of sp³-hybridized carbons (Fsp3) is 0.556. The van der Waals surface area contributed by atoms with Gasteiger partial charge in [0, 0.05) is 32.9 Å². The molecule has 2 rings (SSSR count). The summed E-state index contributed by atoms with van der Waals surface area (Å²) in [6, 6.07) is 5.62. The van der Waals surface area contributed by atoms with Crippen molar-refractivity contribution in [2.45, 2.75) is 33.1 Å². The second-order valence-electron chi connectivity index (χ2n) is 6.56. The van der Waals surface area contributed by atoms with Crippen LogP contribution in [-0.4, -0.2) is 43.4 Å². The lowest BCUT2D eigenvalue weighted by Gasteiger charge is -2.31. The number of aliphatic hydroxyl groups is 1. The highest BCUT2D eigenvalue weighted by atomic mass is 16.4. The minimum Gasteiger partial charge on any atom is -0.423 e. The third-order valence-electron chi connectivity index (χ3n) is 4.78. The molecule has 0 aliphatic rings. The number of hydrogen-bond donors (Lipinski definition) is 3. The van der Waals surface area contributed by atoms with Gasteiger partial charge in [-0.05, 0) is 42.9 Å². The zero-order valence-corrected chi connectivity index (χ0v) is 15.4. The van der Waals surface area contributed by atoms with E-state index in [0.717, 1.165) is 12.8 Å². The molecule has 0 saturated heterocycles. The number of hydrogen-bond acceptors (Lipinski definition) is 5. The van der Waals surface area contributed by atoms with Crippen molar-refractivity contribution >= 4 is 28.8 Å². The first kappa shape index (κ1) is 19.1. The molecule has 138 valence electrons. The number of nitrogens with zero attached hydrogens (tertiary/aromatic N) is 2. The van der Waals surface area contributed by atoms with Crippen LogP contribution in [0.2, 0.25) is 0 Å². The Hall–Kier alpha value is -2.28. The molecule has 0 spiro atoms. The van der Waals surface area contributed by atoms with Crippen LogP contribution in [0.15, 0.2) is 22.6 Å². The van der Waals surface area contributed by atoms with Crippen LogP contribution < -0.4 is 15.5 Å². The van der Waals surface area contributed by atoms with Gasteiger partial charge in [-0.3, -0.25) is 0 Å². The van der Waals surface area contributed by atoms with E-state index in [1.165, 1.54) is 0 Å². The van der Waals surface area contributed by atoms with E-state index >= 15 is 0 Å². The SMILES string of the molecule is CCC(CC)(CCO)CNC(=O)Nc1ccc2oc(N(C)C)nc2c1. The molecule has 1 heterocycles. The number of nitrogens with one attached hydrogen (secondary N) is 2. The Kier molecular flexibility index (Phi) is 6.25. The molecule has 2 aromatic rings. The summed E-state index contributed by atoms with van der Waals surface area (Å²) in [5.41, 5.74) is 1.96. The average molecular weight is 348 g/mol. The highest BCUT2D eigenvalue weighted by Crippen LogP contribution is 2.29. The number of fused-ring (bicyclic) bond motifs is 1. The molecule has 3 N–H and O–H groups in total. The van der Waals surface area contributed by atoms with E-state index in [1.807, 2.05) is 14.1 Å². The lowest BCUT2D eigenvalue weighted by molar-refractivity contribution is 0.165. The second kappa shape index (κ2) is 8.20. The second-order valence-corrected chi connectivity index (χ2v) is 6.56. The first-order valence-electron chi connectivity index (χ1n) is 8.66. The fourth-order valence-corrected chi connectivity index (χ4v) is 2.81. The van der Waals surface area contributed by atoms with E-state index < -0.39 is 0 Å². The first-order valence-corrected chi connectivity index (χ1v) is 8.66. The lowest BCUT2D eigenvalue weighted by atomic mass is 9.79. The summed E-state index contributed by atoms with van der Waals surface area (Å²) in [4.78, 5) is 18.4. The minimum atomic E-state index is -0.264. The van der Waals surface area contributed by atoms with Gasteiger partial charge in [-0.2, -0.15) is 4.98 Å². The third kappa shape index (κ3) is 4.63. The van der Waals surface area contributed by atoms with Crippen LogP contribution >= 0.6 is 0 Å². The molecule has 0 bridgehead atoms. The number of aliphatic hydroxyl groups excluding tert-OH is 1. The van der Waals surface area contributed by atoms with Gasteiger partial charge < -0.3 is 25.1 Å². The van der Waals surface area contributed by atoms with Crippen molar-refractivity contribution in [1.29, 1.82) is 0 Å². The molecule has 0 saturated carbocycles. The van der Waals surface area contributed by atoms with Crippen LogP contribution in [0, 0.1) is 5.41 Å². The quantitative estimate of drug-likeness (QED) is 0.681. The third-order valence-corrected chi connectivity index (χ3v) is 4.78. The molecule has 0 aliphatic heterocycles. The summed E-state index contributed by atoms with van der Waals surface area (Å²) >= 11 is 0. The van der Waals surface area contributed by atoms with Gasteiger partial charge >= 0.3 is 6.03 Å². The molecular weight excluding hydrogens is 320 g/mol. The van der Waals surface area contributed by atoms with E-state index in [2.05, 4.69) is 29.5 Å². The summed E-state index contributed by atoms with van der Waals surface area (Å²) < 4.78 is 5.60. The monoisotopic (exact) mass is 348 g/mol. The standard InChI is InChI=1S/C18H28N4O3/c1-5-18(6-2,9-10-23)12-19-16(24)20-13-7-8-15-14(11-13)21-17(25-15)22(3)4/h7-8,11,23H,5-6,9-10,12H2,1-4H3,(H2,19,20,24). The van der Waals surface area contributed by atoms with E-state index in [-0.39, 0.29) is 18.1 Å². The van der Waals surface area contributed by atoms with Gasteiger partial charge in [0.15, 0.2) is 5.58 Å². The number of aromatic nitrogens is 1. The van der Waals surface area contributed by atoms with Gasteiger partial charge in [0.25, 0.3) is 6.01 Å². The molecule has 1 aromatic heterocycles. The van der Waals surface area contributed by atoms with Crippen LogP contribution in [0.1, 0.15) is 33.1 Å². The maximum Gasteiger partial charge on any atom is 0.319 e. The normalized spacial score (nSPS) is 11.6. The van der Waals surface area contributed by atoms with Gasteiger partial charge in [-0.15, -0.1) is 0 Å². The van der Waals surface area contributed by atoms with Gasteiger partial charge in [-0.25, -0.2) is 4.79 Å². The largest absolute Gasteiger partial charge is 0.423 e. The summed E-state index contributed by atoms with van der Waals surface area (Å²) in [6.07, 6.45) is 2.49. The Balaban J connectivity index is 2.01. The Morgan fingerprint density at radius 1 is 1.32 bits per heavy atom. The predicted molar refractivity (Wildman–Crippen MR) is 100 cm³/mol. The van der Waals surface area contributed by atoms with Crippen LogP contribution in [0.25, 0.3) is 11.1 Å². The fourth-order valence-electron chi connectivity index (χ4n) is 2.81. The molecule has 0 fully saturated rings. The number of carbonyl (C=O) groups excluding carboxylic acids is 1. The molecule has 1 aromatic carbocycles. The lowest BCUT2D eigenvalue weighted by Crippen LogP contribution is -2.39. The molecule has 2 amide bonds.